The molecule has 1 heterocycles. The number of benzene rings is 1. The molecule has 1 fully saturated rings. The van der Waals surface area contributed by atoms with E-state index in [4.69, 9.17) is 0 Å². The summed E-state index contributed by atoms with van der Waals surface area (Å²) in [5.41, 5.74) is 2.50. The first-order valence-corrected chi connectivity index (χ1v) is 8.49. The largest absolute Gasteiger partial charge is 0.351 e. The van der Waals surface area contributed by atoms with E-state index in [0.717, 1.165) is 19.5 Å². The lowest BCUT2D eigenvalue weighted by atomic mass is 10.1. The minimum Gasteiger partial charge on any atom is -0.351 e. The first kappa shape index (κ1) is 15.4. The van der Waals surface area contributed by atoms with Gasteiger partial charge in [-0.05, 0) is 43.5 Å². The van der Waals surface area contributed by atoms with Crippen molar-refractivity contribution in [2.24, 2.45) is 0 Å². The third-order valence-electron chi connectivity index (χ3n) is 3.66. The van der Waals surface area contributed by atoms with Gasteiger partial charge in [0, 0.05) is 11.8 Å². The van der Waals surface area contributed by atoms with Gasteiger partial charge in [-0.1, -0.05) is 31.2 Å². The maximum Gasteiger partial charge on any atom is 0.230 e. The number of hydrogen-bond acceptors (Lipinski definition) is 3. The Bertz CT molecular complexity index is 413. The van der Waals surface area contributed by atoms with E-state index in [-0.39, 0.29) is 5.91 Å². The average Bonchev–Trinajstić information content (AvgIpc) is 2.52. The summed E-state index contributed by atoms with van der Waals surface area (Å²) in [6.45, 7) is 4.95. The fourth-order valence-corrected chi connectivity index (χ4v) is 3.36. The van der Waals surface area contributed by atoms with Crippen molar-refractivity contribution in [2.45, 2.75) is 38.0 Å². The maximum atomic E-state index is 11.8. The van der Waals surface area contributed by atoms with E-state index < -0.39 is 0 Å². The molecule has 0 spiro atoms. The molecular weight excluding hydrogens is 268 g/mol. The van der Waals surface area contributed by atoms with Crippen LogP contribution in [0.2, 0.25) is 0 Å². The summed E-state index contributed by atoms with van der Waals surface area (Å²) in [6.07, 6.45) is 3.41. The highest BCUT2D eigenvalue weighted by Gasteiger charge is 2.14. The molecule has 110 valence electrons. The van der Waals surface area contributed by atoms with Gasteiger partial charge in [0.15, 0.2) is 0 Å². The molecule has 0 radical (unpaired) electrons. The first-order valence-electron chi connectivity index (χ1n) is 7.44. The van der Waals surface area contributed by atoms with E-state index in [1.54, 1.807) is 11.8 Å². The topological polar surface area (TPSA) is 41.1 Å². The van der Waals surface area contributed by atoms with Gasteiger partial charge in [0.05, 0.1) is 5.75 Å². The van der Waals surface area contributed by atoms with Crippen molar-refractivity contribution in [1.82, 2.24) is 10.6 Å². The third kappa shape index (κ3) is 5.17. The number of amides is 1. The Morgan fingerprint density at radius 2 is 1.90 bits per heavy atom. The molecular formula is C16H24N2OS. The zero-order valence-corrected chi connectivity index (χ0v) is 13.0. The zero-order chi connectivity index (χ0) is 14.2. The molecule has 3 nitrogen and oxygen atoms in total. The van der Waals surface area contributed by atoms with Crippen molar-refractivity contribution in [3.05, 3.63) is 35.4 Å². The second-order valence-corrected chi connectivity index (χ2v) is 6.50. The minimum absolute atomic E-state index is 0.146. The van der Waals surface area contributed by atoms with Crippen LogP contribution in [-0.4, -0.2) is 30.0 Å². The highest BCUT2D eigenvalue weighted by molar-refractivity contribution is 8.00. The van der Waals surface area contributed by atoms with E-state index >= 15 is 0 Å². The van der Waals surface area contributed by atoms with Crippen LogP contribution in [-0.2, 0) is 17.8 Å². The molecule has 0 unspecified atom stereocenters. The SMILES string of the molecule is CCc1ccc(CNC(=O)CSC2CCNCC2)cc1. The van der Waals surface area contributed by atoms with Crippen LogP contribution in [0.3, 0.4) is 0 Å². The number of nitrogens with one attached hydrogen (secondary N) is 2. The number of carbonyl (C=O) groups excluding carboxylic acids is 1. The lowest BCUT2D eigenvalue weighted by Gasteiger charge is -2.21. The van der Waals surface area contributed by atoms with E-state index in [1.165, 1.54) is 24.0 Å². The summed E-state index contributed by atoms with van der Waals surface area (Å²) in [5.74, 6) is 0.727. The summed E-state index contributed by atoms with van der Waals surface area (Å²) in [7, 11) is 0. The van der Waals surface area contributed by atoms with Gasteiger partial charge in [0.2, 0.25) is 5.91 Å². The number of rotatable bonds is 6. The monoisotopic (exact) mass is 292 g/mol. The second kappa shape index (κ2) is 8.32. The summed E-state index contributed by atoms with van der Waals surface area (Å²) in [6, 6.07) is 8.45. The summed E-state index contributed by atoms with van der Waals surface area (Å²) >= 11 is 1.79. The van der Waals surface area contributed by atoms with E-state index in [0.29, 0.717) is 17.5 Å². The molecule has 2 N–H and O–H groups in total. The Labute approximate surface area is 125 Å². The Morgan fingerprint density at radius 3 is 2.55 bits per heavy atom. The molecule has 1 aliphatic rings. The third-order valence-corrected chi connectivity index (χ3v) is 5.03. The van der Waals surface area contributed by atoms with Gasteiger partial charge in [-0.25, -0.2) is 0 Å². The van der Waals surface area contributed by atoms with Crippen molar-refractivity contribution >= 4 is 17.7 Å². The van der Waals surface area contributed by atoms with Crippen LogP contribution >= 0.6 is 11.8 Å². The number of piperidine rings is 1. The van der Waals surface area contributed by atoms with Crippen LogP contribution in [0.15, 0.2) is 24.3 Å². The van der Waals surface area contributed by atoms with Gasteiger partial charge in [-0.15, -0.1) is 11.8 Å². The first-order chi connectivity index (χ1) is 9.78. The highest BCUT2D eigenvalue weighted by atomic mass is 32.2. The Hall–Kier alpha value is -1.00. The van der Waals surface area contributed by atoms with Crippen LogP contribution in [0.5, 0.6) is 0 Å². The van der Waals surface area contributed by atoms with Crippen molar-refractivity contribution < 1.29 is 4.79 Å². The molecule has 0 aliphatic carbocycles. The zero-order valence-electron chi connectivity index (χ0n) is 12.2. The van der Waals surface area contributed by atoms with E-state index in [2.05, 4.69) is 41.8 Å². The lowest BCUT2D eigenvalue weighted by Crippen LogP contribution is -2.31. The standard InChI is InChI=1S/C16H24N2OS/c1-2-13-3-5-14(6-4-13)11-18-16(19)12-20-15-7-9-17-10-8-15/h3-6,15,17H,2,7-12H2,1H3,(H,18,19). The molecule has 0 bridgehead atoms. The van der Waals surface area contributed by atoms with Crippen molar-refractivity contribution in [3.8, 4) is 0 Å². The molecule has 1 aromatic rings. The van der Waals surface area contributed by atoms with Crippen molar-refractivity contribution in [1.29, 1.82) is 0 Å². The van der Waals surface area contributed by atoms with Gasteiger partial charge in [-0.3, -0.25) is 4.79 Å². The van der Waals surface area contributed by atoms with Crippen LogP contribution in [0.4, 0.5) is 0 Å². The van der Waals surface area contributed by atoms with Crippen molar-refractivity contribution in [2.75, 3.05) is 18.8 Å². The molecule has 1 aromatic carbocycles. The van der Waals surface area contributed by atoms with Crippen LogP contribution in [0.1, 0.15) is 30.9 Å². The molecule has 0 aromatic heterocycles. The van der Waals surface area contributed by atoms with Gasteiger partial charge >= 0.3 is 0 Å². The quantitative estimate of drug-likeness (QED) is 0.845. The summed E-state index contributed by atoms with van der Waals surface area (Å²) in [5, 5.41) is 6.99. The summed E-state index contributed by atoms with van der Waals surface area (Å²) < 4.78 is 0. The van der Waals surface area contributed by atoms with Crippen LogP contribution in [0, 0.1) is 0 Å². The smallest absolute Gasteiger partial charge is 0.230 e. The number of carbonyl (C=O) groups is 1. The predicted octanol–water partition coefficient (Wildman–Crippen LogP) is 2.35. The number of hydrogen-bond donors (Lipinski definition) is 2. The molecule has 1 saturated heterocycles. The summed E-state index contributed by atoms with van der Waals surface area (Å²) in [4.78, 5) is 11.8. The van der Waals surface area contributed by atoms with Crippen LogP contribution in [0.25, 0.3) is 0 Å². The van der Waals surface area contributed by atoms with Gasteiger partial charge in [0.25, 0.3) is 0 Å². The van der Waals surface area contributed by atoms with Gasteiger partial charge < -0.3 is 10.6 Å². The normalized spacial score (nSPS) is 16.1. The van der Waals surface area contributed by atoms with Crippen molar-refractivity contribution in [3.63, 3.8) is 0 Å². The second-order valence-electron chi connectivity index (χ2n) is 5.21. The molecule has 2 rings (SSSR count). The maximum absolute atomic E-state index is 11.8. The lowest BCUT2D eigenvalue weighted by molar-refractivity contribution is -0.118. The molecule has 1 aliphatic heterocycles. The molecule has 1 amide bonds. The van der Waals surface area contributed by atoms with Gasteiger partial charge in [-0.2, -0.15) is 0 Å². The fourth-order valence-electron chi connectivity index (χ4n) is 2.30. The highest BCUT2D eigenvalue weighted by Crippen LogP contribution is 2.19. The van der Waals surface area contributed by atoms with Crippen LogP contribution < -0.4 is 10.6 Å². The Balaban J connectivity index is 1.66. The molecule has 0 saturated carbocycles. The Morgan fingerprint density at radius 1 is 1.25 bits per heavy atom. The minimum atomic E-state index is 0.146. The number of thioether (sulfide) groups is 1. The molecule has 4 heteroatoms. The molecule has 20 heavy (non-hydrogen) atoms. The van der Waals surface area contributed by atoms with E-state index in [1.807, 2.05) is 0 Å². The molecule has 0 atom stereocenters. The number of aryl methyl sites for hydroxylation is 1. The predicted molar refractivity (Wildman–Crippen MR) is 86.0 cm³/mol. The fraction of sp³-hybridized carbons (Fsp3) is 0.562. The average molecular weight is 292 g/mol. The van der Waals surface area contributed by atoms with E-state index in [9.17, 15) is 4.79 Å². The Kier molecular flexibility index (Phi) is 6.40. The van der Waals surface area contributed by atoms with Gasteiger partial charge in [0.1, 0.15) is 0 Å².